The molecule has 3 rings (SSSR count). The number of carboxylic acids is 1. The smallest absolute Gasteiger partial charge is 0.300 e. The molecule has 3 N–H and O–H groups in total. The minimum absolute atomic E-state index is 0.222. The molecule has 32 heavy (non-hydrogen) atoms. The van der Waals surface area contributed by atoms with Crippen LogP contribution in [0.5, 0.6) is 5.75 Å². The molecule has 0 atom stereocenters. The van der Waals surface area contributed by atoms with Crippen molar-refractivity contribution in [2.24, 2.45) is 17.6 Å². The van der Waals surface area contributed by atoms with Gasteiger partial charge in [-0.05, 0) is 81.3 Å². The second kappa shape index (κ2) is 13.1. The van der Waals surface area contributed by atoms with E-state index in [4.69, 9.17) is 20.4 Å². The maximum absolute atomic E-state index is 11.5. The number of carbonyl (C=O) groups excluding carboxylic acids is 2. The first kappa shape index (κ1) is 25.6. The van der Waals surface area contributed by atoms with E-state index in [-0.39, 0.29) is 5.91 Å². The number of amides is 2. The van der Waals surface area contributed by atoms with Crippen LogP contribution >= 0.6 is 0 Å². The number of ether oxygens (including phenoxy) is 1. The number of nitrogens with zero attached hydrogens (tertiary/aromatic N) is 2. The SMILES string of the molecule is CC(=O)N1CCC(C2CCN(CCCOc3ccc(C(N)=O)cc3)CC2)CC1.CC(=O)O. The fraction of sp³-hybridized carbons (Fsp3) is 0.625. The lowest BCUT2D eigenvalue weighted by Gasteiger charge is -2.40. The van der Waals surface area contributed by atoms with Gasteiger partial charge in [-0.15, -0.1) is 0 Å². The van der Waals surface area contributed by atoms with E-state index in [9.17, 15) is 9.59 Å². The van der Waals surface area contributed by atoms with E-state index < -0.39 is 11.9 Å². The highest BCUT2D eigenvalue weighted by Gasteiger charge is 2.29. The Morgan fingerprint density at radius 2 is 1.47 bits per heavy atom. The van der Waals surface area contributed by atoms with E-state index in [1.54, 1.807) is 31.2 Å². The summed E-state index contributed by atoms with van der Waals surface area (Å²) in [5.74, 6) is 1.37. The van der Waals surface area contributed by atoms with Crippen LogP contribution in [-0.2, 0) is 9.59 Å². The summed E-state index contributed by atoms with van der Waals surface area (Å²) >= 11 is 0. The lowest BCUT2D eigenvalue weighted by Crippen LogP contribution is -2.42. The van der Waals surface area contributed by atoms with Crippen molar-refractivity contribution >= 4 is 17.8 Å². The number of aliphatic carboxylic acids is 1. The molecule has 2 amide bonds. The molecule has 178 valence electrons. The lowest BCUT2D eigenvalue weighted by molar-refractivity contribution is -0.134. The summed E-state index contributed by atoms with van der Waals surface area (Å²) in [4.78, 5) is 36.1. The van der Waals surface area contributed by atoms with E-state index in [1.807, 2.05) is 4.90 Å². The summed E-state index contributed by atoms with van der Waals surface area (Å²) < 4.78 is 5.77. The normalized spacial score (nSPS) is 17.9. The molecule has 0 spiro atoms. The molecule has 8 nitrogen and oxygen atoms in total. The molecule has 2 fully saturated rings. The lowest BCUT2D eigenvalue weighted by atomic mass is 9.79. The molecular weight excluding hydrogens is 410 g/mol. The van der Waals surface area contributed by atoms with Crippen molar-refractivity contribution in [2.45, 2.75) is 46.0 Å². The first-order valence-electron chi connectivity index (χ1n) is 11.5. The summed E-state index contributed by atoms with van der Waals surface area (Å²) in [6, 6.07) is 6.98. The van der Waals surface area contributed by atoms with Crippen LogP contribution in [0, 0.1) is 11.8 Å². The van der Waals surface area contributed by atoms with Crippen molar-refractivity contribution in [1.82, 2.24) is 9.80 Å². The zero-order valence-electron chi connectivity index (χ0n) is 19.3. The number of piperidine rings is 2. The number of primary amides is 1. The molecule has 0 unspecified atom stereocenters. The van der Waals surface area contributed by atoms with Crippen LogP contribution in [0.3, 0.4) is 0 Å². The van der Waals surface area contributed by atoms with Crippen molar-refractivity contribution < 1.29 is 24.2 Å². The summed E-state index contributed by atoms with van der Waals surface area (Å²) in [6.45, 7) is 8.73. The largest absolute Gasteiger partial charge is 0.494 e. The third-order valence-electron chi connectivity index (χ3n) is 6.31. The fourth-order valence-corrected chi connectivity index (χ4v) is 4.53. The highest BCUT2D eigenvalue weighted by atomic mass is 16.5. The van der Waals surface area contributed by atoms with E-state index in [1.165, 1.54) is 38.8 Å². The monoisotopic (exact) mass is 447 g/mol. The van der Waals surface area contributed by atoms with Crippen molar-refractivity contribution in [3.63, 3.8) is 0 Å². The molecule has 2 aliphatic heterocycles. The van der Waals surface area contributed by atoms with E-state index >= 15 is 0 Å². The number of rotatable bonds is 7. The Hall–Kier alpha value is -2.61. The second-order valence-electron chi connectivity index (χ2n) is 8.63. The summed E-state index contributed by atoms with van der Waals surface area (Å²) in [5, 5.41) is 7.42. The number of likely N-dealkylation sites (tertiary alicyclic amines) is 2. The van der Waals surface area contributed by atoms with Crippen LogP contribution in [0.1, 0.15) is 56.3 Å². The van der Waals surface area contributed by atoms with Gasteiger partial charge in [0.25, 0.3) is 5.97 Å². The van der Waals surface area contributed by atoms with Crippen LogP contribution in [0.2, 0.25) is 0 Å². The standard InChI is InChI=1S/C22H33N3O3.C2H4O2/c1-17(26)25-14-9-19(10-15-25)18-7-12-24(13-8-18)11-2-16-28-21-5-3-20(4-6-21)22(23)27;1-2(3)4/h3-6,18-19H,2,7-16H2,1H3,(H2,23,27);1H3,(H,3,4). The summed E-state index contributed by atoms with van der Waals surface area (Å²) in [7, 11) is 0. The molecule has 0 bridgehead atoms. The summed E-state index contributed by atoms with van der Waals surface area (Å²) in [5.41, 5.74) is 5.74. The molecule has 0 aliphatic carbocycles. The third-order valence-corrected chi connectivity index (χ3v) is 6.31. The number of benzene rings is 1. The second-order valence-corrected chi connectivity index (χ2v) is 8.63. The number of hydrogen-bond acceptors (Lipinski definition) is 5. The van der Waals surface area contributed by atoms with Gasteiger partial charge in [-0.2, -0.15) is 0 Å². The van der Waals surface area contributed by atoms with E-state index in [2.05, 4.69) is 4.90 Å². The zero-order chi connectivity index (χ0) is 23.5. The maximum atomic E-state index is 11.5. The highest BCUT2D eigenvalue weighted by molar-refractivity contribution is 5.92. The van der Waals surface area contributed by atoms with E-state index in [0.29, 0.717) is 12.2 Å². The Balaban J connectivity index is 0.000000837. The average Bonchev–Trinajstić information content (AvgIpc) is 2.77. The molecule has 0 radical (unpaired) electrons. The number of hydrogen-bond donors (Lipinski definition) is 2. The first-order valence-corrected chi connectivity index (χ1v) is 11.5. The molecule has 2 aliphatic rings. The van der Waals surface area contributed by atoms with Gasteiger partial charge in [0.2, 0.25) is 11.8 Å². The topological polar surface area (TPSA) is 113 Å². The molecule has 1 aromatic carbocycles. The molecule has 1 aromatic rings. The van der Waals surface area contributed by atoms with Gasteiger partial charge in [0.05, 0.1) is 6.61 Å². The van der Waals surface area contributed by atoms with Crippen LogP contribution in [0.15, 0.2) is 24.3 Å². The molecular formula is C24H37N3O5. The quantitative estimate of drug-likeness (QED) is 0.621. The van der Waals surface area contributed by atoms with Gasteiger partial charge in [0.15, 0.2) is 0 Å². The van der Waals surface area contributed by atoms with Gasteiger partial charge >= 0.3 is 0 Å². The Kier molecular flexibility index (Phi) is 10.5. The third kappa shape index (κ3) is 8.86. The van der Waals surface area contributed by atoms with Crippen molar-refractivity contribution in [3.05, 3.63) is 29.8 Å². The van der Waals surface area contributed by atoms with Crippen LogP contribution in [0.4, 0.5) is 0 Å². The number of carboxylic acid groups (broad SMARTS) is 1. The van der Waals surface area contributed by atoms with Crippen LogP contribution in [0.25, 0.3) is 0 Å². The predicted octanol–water partition coefficient (Wildman–Crippen LogP) is 2.62. The molecule has 8 heteroatoms. The fourth-order valence-electron chi connectivity index (χ4n) is 4.53. The van der Waals surface area contributed by atoms with Crippen molar-refractivity contribution in [1.29, 1.82) is 0 Å². The molecule has 0 aromatic heterocycles. The van der Waals surface area contributed by atoms with E-state index in [0.717, 1.165) is 50.6 Å². The Bertz CT molecular complexity index is 733. The van der Waals surface area contributed by atoms with Gasteiger partial charge in [-0.3, -0.25) is 14.4 Å². The Labute approximate surface area is 190 Å². The van der Waals surface area contributed by atoms with Gasteiger partial charge in [0, 0.05) is 39.0 Å². The Morgan fingerprint density at radius 3 is 1.94 bits per heavy atom. The van der Waals surface area contributed by atoms with Gasteiger partial charge in [-0.25, -0.2) is 0 Å². The molecule has 0 saturated carbocycles. The van der Waals surface area contributed by atoms with Gasteiger partial charge < -0.3 is 25.4 Å². The van der Waals surface area contributed by atoms with Crippen LogP contribution in [-0.4, -0.2) is 72.0 Å². The number of carbonyl (C=O) groups is 3. The minimum atomic E-state index is -0.833. The molecule has 2 saturated heterocycles. The number of nitrogens with two attached hydrogens (primary N) is 1. The zero-order valence-corrected chi connectivity index (χ0v) is 19.3. The highest BCUT2D eigenvalue weighted by Crippen LogP contribution is 2.32. The van der Waals surface area contributed by atoms with Gasteiger partial charge in [-0.1, -0.05) is 0 Å². The van der Waals surface area contributed by atoms with Gasteiger partial charge in [0.1, 0.15) is 5.75 Å². The average molecular weight is 448 g/mol. The minimum Gasteiger partial charge on any atom is -0.494 e. The van der Waals surface area contributed by atoms with Crippen molar-refractivity contribution in [3.8, 4) is 5.75 Å². The Morgan fingerprint density at radius 1 is 0.969 bits per heavy atom. The first-order chi connectivity index (χ1) is 15.3. The maximum Gasteiger partial charge on any atom is 0.300 e. The van der Waals surface area contributed by atoms with Crippen molar-refractivity contribution in [2.75, 3.05) is 39.3 Å². The predicted molar refractivity (Wildman–Crippen MR) is 123 cm³/mol. The summed E-state index contributed by atoms with van der Waals surface area (Å²) in [6.07, 6.45) is 5.90. The van der Waals surface area contributed by atoms with Crippen LogP contribution < -0.4 is 10.5 Å². The molecule has 2 heterocycles.